The van der Waals surface area contributed by atoms with E-state index in [1.165, 1.54) is 11.1 Å². The number of pyridine rings is 1. The molecule has 0 bridgehead atoms. The number of nitrogen functional groups attached to an aromatic ring is 1. The molecule has 0 aliphatic carbocycles. The summed E-state index contributed by atoms with van der Waals surface area (Å²) in [6, 6.07) is 20.7. The van der Waals surface area contributed by atoms with Crippen LogP contribution in [0.25, 0.3) is 16.6 Å². The maximum Gasteiger partial charge on any atom is 0.153 e. The summed E-state index contributed by atoms with van der Waals surface area (Å²) in [6.07, 6.45) is 4.44. The van der Waals surface area contributed by atoms with Crippen molar-refractivity contribution in [3.63, 3.8) is 0 Å². The molecule has 4 nitrogen and oxygen atoms in total. The number of aromatic nitrogens is 3. The monoisotopic (exact) mass is 300 g/mol. The molecule has 0 saturated carbocycles. The van der Waals surface area contributed by atoms with Gasteiger partial charge in [-0.1, -0.05) is 42.5 Å². The highest BCUT2D eigenvalue weighted by Crippen LogP contribution is 2.23. The second kappa shape index (κ2) is 5.57. The Kier molecular flexibility index (Phi) is 3.27. The molecule has 2 aromatic carbocycles. The van der Waals surface area contributed by atoms with Gasteiger partial charge in [0.05, 0.1) is 17.4 Å². The van der Waals surface area contributed by atoms with Crippen LogP contribution in [0.3, 0.4) is 0 Å². The zero-order chi connectivity index (χ0) is 15.6. The number of anilines is 1. The van der Waals surface area contributed by atoms with Crippen molar-refractivity contribution >= 4 is 16.7 Å². The van der Waals surface area contributed by atoms with Crippen LogP contribution in [0.1, 0.15) is 11.1 Å². The molecule has 112 valence electrons. The fourth-order valence-corrected chi connectivity index (χ4v) is 2.77. The van der Waals surface area contributed by atoms with E-state index in [4.69, 9.17) is 5.73 Å². The van der Waals surface area contributed by atoms with Crippen LogP contribution in [0.4, 0.5) is 5.82 Å². The van der Waals surface area contributed by atoms with Gasteiger partial charge in [0.2, 0.25) is 0 Å². The SMILES string of the molecule is Nc1nn(-c2ccc(Cc3ccccc3)cc2)c2cnccc12. The molecule has 0 atom stereocenters. The normalized spacial score (nSPS) is 11.0. The number of hydrogen-bond donors (Lipinski definition) is 1. The molecule has 2 heterocycles. The number of rotatable bonds is 3. The van der Waals surface area contributed by atoms with Crippen molar-refractivity contribution in [3.05, 3.63) is 84.2 Å². The van der Waals surface area contributed by atoms with Crippen LogP contribution >= 0.6 is 0 Å². The zero-order valence-electron chi connectivity index (χ0n) is 12.6. The number of nitrogens with two attached hydrogens (primary N) is 1. The Balaban J connectivity index is 1.67. The third-order valence-corrected chi connectivity index (χ3v) is 3.94. The Labute approximate surface area is 134 Å². The van der Waals surface area contributed by atoms with Crippen molar-refractivity contribution in [2.45, 2.75) is 6.42 Å². The van der Waals surface area contributed by atoms with Crippen LogP contribution in [0.5, 0.6) is 0 Å². The van der Waals surface area contributed by atoms with Gasteiger partial charge in [-0.2, -0.15) is 0 Å². The van der Waals surface area contributed by atoms with E-state index in [-0.39, 0.29) is 0 Å². The first kappa shape index (κ1) is 13.5. The molecular formula is C19H16N4. The second-order valence-electron chi connectivity index (χ2n) is 5.52. The van der Waals surface area contributed by atoms with Gasteiger partial charge < -0.3 is 5.73 Å². The smallest absolute Gasteiger partial charge is 0.153 e. The van der Waals surface area contributed by atoms with Gasteiger partial charge in [0, 0.05) is 11.6 Å². The molecule has 0 fully saturated rings. The van der Waals surface area contributed by atoms with Gasteiger partial charge in [-0.3, -0.25) is 4.98 Å². The summed E-state index contributed by atoms with van der Waals surface area (Å²) in [5.41, 5.74) is 10.5. The van der Waals surface area contributed by atoms with Gasteiger partial charge in [0.1, 0.15) is 0 Å². The molecule has 2 aromatic heterocycles. The average molecular weight is 300 g/mol. The lowest BCUT2D eigenvalue weighted by atomic mass is 10.0. The minimum Gasteiger partial charge on any atom is -0.382 e. The summed E-state index contributed by atoms with van der Waals surface area (Å²) < 4.78 is 1.84. The van der Waals surface area contributed by atoms with Crippen LogP contribution in [0.2, 0.25) is 0 Å². The Morgan fingerprint density at radius 2 is 1.61 bits per heavy atom. The molecule has 0 aliphatic rings. The summed E-state index contributed by atoms with van der Waals surface area (Å²) in [7, 11) is 0. The van der Waals surface area contributed by atoms with E-state index >= 15 is 0 Å². The van der Waals surface area contributed by atoms with Crippen molar-refractivity contribution in [2.75, 3.05) is 5.73 Å². The van der Waals surface area contributed by atoms with E-state index < -0.39 is 0 Å². The highest BCUT2D eigenvalue weighted by molar-refractivity contribution is 5.89. The molecule has 0 spiro atoms. The molecule has 4 heteroatoms. The standard InChI is InChI=1S/C19H16N4/c20-19-17-10-11-21-13-18(17)23(22-19)16-8-6-15(7-9-16)12-14-4-2-1-3-5-14/h1-11,13H,12H2,(H2,20,22). The summed E-state index contributed by atoms with van der Waals surface area (Å²) in [4.78, 5) is 4.17. The Bertz CT molecular complexity index is 940. The first-order chi connectivity index (χ1) is 11.3. The number of hydrogen-bond acceptors (Lipinski definition) is 3. The van der Waals surface area contributed by atoms with E-state index in [9.17, 15) is 0 Å². The van der Waals surface area contributed by atoms with Crippen LogP contribution in [0, 0.1) is 0 Å². The fourth-order valence-electron chi connectivity index (χ4n) is 2.77. The maximum atomic E-state index is 5.99. The topological polar surface area (TPSA) is 56.7 Å². The van der Waals surface area contributed by atoms with E-state index in [0.717, 1.165) is 23.0 Å². The van der Waals surface area contributed by atoms with E-state index in [1.807, 2.05) is 16.8 Å². The molecule has 4 aromatic rings. The lowest BCUT2D eigenvalue weighted by Gasteiger charge is -2.06. The molecule has 4 rings (SSSR count). The van der Waals surface area contributed by atoms with Gasteiger partial charge in [-0.05, 0) is 35.7 Å². The van der Waals surface area contributed by atoms with Crippen molar-refractivity contribution < 1.29 is 0 Å². The largest absolute Gasteiger partial charge is 0.382 e. The lowest BCUT2D eigenvalue weighted by Crippen LogP contribution is -1.98. The average Bonchev–Trinajstić information content (AvgIpc) is 2.94. The van der Waals surface area contributed by atoms with Crippen molar-refractivity contribution in [1.29, 1.82) is 0 Å². The highest BCUT2D eigenvalue weighted by atomic mass is 15.3. The van der Waals surface area contributed by atoms with Gasteiger partial charge in [-0.25, -0.2) is 4.68 Å². The first-order valence-electron chi connectivity index (χ1n) is 7.53. The van der Waals surface area contributed by atoms with Gasteiger partial charge in [-0.15, -0.1) is 5.10 Å². The van der Waals surface area contributed by atoms with Gasteiger partial charge in [0.25, 0.3) is 0 Å². The third kappa shape index (κ3) is 2.55. The van der Waals surface area contributed by atoms with Crippen molar-refractivity contribution in [2.24, 2.45) is 0 Å². The minimum atomic E-state index is 0.524. The molecular weight excluding hydrogens is 284 g/mol. The van der Waals surface area contributed by atoms with E-state index in [1.54, 1.807) is 12.4 Å². The summed E-state index contributed by atoms with van der Waals surface area (Å²) in [5.74, 6) is 0.524. The minimum absolute atomic E-state index is 0.524. The fraction of sp³-hybridized carbons (Fsp3) is 0.0526. The van der Waals surface area contributed by atoms with Gasteiger partial charge in [0.15, 0.2) is 5.82 Å². The summed E-state index contributed by atoms with van der Waals surface area (Å²) >= 11 is 0. The molecule has 2 N–H and O–H groups in total. The maximum absolute atomic E-state index is 5.99. The number of fused-ring (bicyclic) bond motifs is 1. The second-order valence-corrected chi connectivity index (χ2v) is 5.52. The Morgan fingerprint density at radius 1 is 0.870 bits per heavy atom. The Morgan fingerprint density at radius 3 is 2.39 bits per heavy atom. The van der Waals surface area contributed by atoms with Crippen LogP contribution in [-0.4, -0.2) is 14.8 Å². The quantitative estimate of drug-likeness (QED) is 0.629. The van der Waals surface area contributed by atoms with E-state index in [2.05, 4.69) is 58.6 Å². The molecule has 0 amide bonds. The Hall–Kier alpha value is -3.14. The van der Waals surface area contributed by atoms with Crippen molar-refractivity contribution in [1.82, 2.24) is 14.8 Å². The first-order valence-corrected chi connectivity index (χ1v) is 7.53. The third-order valence-electron chi connectivity index (χ3n) is 3.94. The van der Waals surface area contributed by atoms with Crippen LogP contribution in [-0.2, 0) is 6.42 Å². The molecule has 0 unspecified atom stereocenters. The van der Waals surface area contributed by atoms with E-state index in [0.29, 0.717) is 5.82 Å². The summed E-state index contributed by atoms with van der Waals surface area (Å²) in [6.45, 7) is 0. The molecule has 23 heavy (non-hydrogen) atoms. The van der Waals surface area contributed by atoms with Crippen LogP contribution < -0.4 is 5.73 Å². The lowest BCUT2D eigenvalue weighted by molar-refractivity contribution is 0.913. The van der Waals surface area contributed by atoms with Gasteiger partial charge >= 0.3 is 0 Å². The number of nitrogens with zero attached hydrogens (tertiary/aromatic N) is 3. The zero-order valence-corrected chi connectivity index (χ0v) is 12.6. The predicted octanol–water partition coefficient (Wildman–Crippen LogP) is 3.59. The molecule has 0 saturated heterocycles. The predicted molar refractivity (Wildman–Crippen MR) is 92.5 cm³/mol. The van der Waals surface area contributed by atoms with Crippen LogP contribution in [0.15, 0.2) is 73.1 Å². The molecule has 0 aliphatic heterocycles. The van der Waals surface area contributed by atoms with Crippen molar-refractivity contribution in [3.8, 4) is 5.69 Å². The molecule has 0 radical (unpaired) electrons. The highest BCUT2D eigenvalue weighted by Gasteiger charge is 2.09. The number of benzene rings is 2. The summed E-state index contributed by atoms with van der Waals surface area (Å²) in [5, 5.41) is 5.35.